The minimum atomic E-state index is -3.28. The highest BCUT2D eigenvalue weighted by Crippen LogP contribution is 2.33. The van der Waals surface area contributed by atoms with Crippen LogP contribution in [0.3, 0.4) is 0 Å². The second kappa shape index (κ2) is 6.92. The Kier molecular flexibility index (Phi) is 4.69. The lowest BCUT2D eigenvalue weighted by molar-refractivity contribution is 0.102. The van der Waals surface area contributed by atoms with Crippen LogP contribution in [-0.4, -0.2) is 24.1 Å². The zero-order chi connectivity index (χ0) is 20.1. The van der Waals surface area contributed by atoms with E-state index in [1.807, 2.05) is 31.2 Å². The van der Waals surface area contributed by atoms with E-state index in [0.717, 1.165) is 11.3 Å². The minimum absolute atomic E-state index is 0.147. The molecule has 28 heavy (non-hydrogen) atoms. The van der Waals surface area contributed by atoms with Crippen LogP contribution in [0.4, 0.5) is 5.82 Å². The molecule has 9 heteroatoms. The molecular weight excluding hydrogens is 421 g/mol. The third kappa shape index (κ3) is 3.53. The van der Waals surface area contributed by atoms with E-state index in [9.17, 15) is 13.2 Å². The van der Waals surface area contributed by atoms with Gasteiger partial charge in [-0.1, -0.05) is 40.9 Å². The number of sulfone groups is 1. The minimum Gasteiger partial charge on any atom is -0.306 e. The Bertz CT molecular complexity index is 1200. The summed E-state index contributed by atoms with van der Waals surface area (Å²) in [6, 6.07) is 12.1. The lowest BCUT2D eigenvalue weighted by Gasteiger charge is -2.12. The molecule has 0 spiro atoms. The fourth-order valence-electron chi connectivity index (χ4n) is 3.09. The number of aromatic nitrogens is 2. The number of halogens is 2. The van der Waals surface area contributed by atoms with E-state index in [4.69, 9.17) is 23.2 Å². The normalized spacial score (nSPS) is 14.7. The molecule has 1 aromatic heterocycles. The Morgan fingerprint density at radius 1 is 1.11 bits per heavy atom. The van der Waals surface area contributed by atoms with Gasteiger partial charge >= 0.3 is 0 Å². The highest BCUT2D eigenvalue weighted by atomic mass is 35.5. The van der Waals surface area contributed by atoms with Crippen molar-refractivity contribution < 1.29 is 13.2 Å². The van der Waals surface area contributed by atoms with E-state index in [2.05, 4.69) is 10.4 Å². The molecule has 144 valence electrons. The number of aryl methyl sites for hydroxylation is 1. The molecule has 4 rings (SSSR count). The molecule has 6 nitrogen and oxygen atoms in total. The number of hydrogen-bond donors (Lipinski definition) is 1. The van der Waals surface area contributed by atoms with Crippen LogP contribution < -0.4 is 5.32 Å². The van der Waals surface area contributed by atoms with Crippen molar-refractivity contribution >= 4 is 44.8 Å². The molecule has 0 saturated carbocycles. The first-order valence-electron chi connectivity index (χ1n) is 8.38. The molecule has 0 bridgehead atoms. The van der Waals surface area contributed by atoms with Crippen molar-refractivity contribution in [1.29, 1.82) is 0 Å². The second-order valence-corrected chi connectivity index (χ2v) is 9.54. The van der Waals surface area contributed by atoms with E-state index >= 15 is 0 Å². The Balaban J connectivity index is 1.78. The van der Waals surface area contributed by atoms with Gasteiger partial charge in [-0.25, -0.2) is 13.1 Å². The summed E-state index contributed by atoms with van der Waals surface area (Å²) in [6.45, 7) is 1.96. The van der Waals surface area contributed by atoms with Crippen LogP contribution >= 0.6 is 23.2 Å². The van der Waals surface area contributed by atoms with Crippen LogP contribution in [0.15, 0.2) is 42.5 Å². The van der Waals surface area contributed by atoms with Gasteiger partial charge in [0.05, 0.1) is 33.5 Å². The molecule has 3 aromatic rings. The van der Waals surface area contributed by atoms with Crippen LogP contribution in [-0.2, 0) is 21.3 Å². The van der Waals surface area contributed by atoms with Gasteiger partial charge in [0.1, 0.15) is 5.82 Å². The van der Waals surface area contributed by atoms with Gasteiger partial charge < -0.3 is 5.32 Å². The fourth-order valence-corrected chi connectivity index (χ4v) is 5.08. The van der Waals surface area contributed by atoms with E-state index in [1.165, 1.54) is 12.1 Å². The first-order chi connectivity index (χ1) is 13.2. The molecule has 0 unspecified atom stereocenters. The van der Waals surface area contributed by atoms with Crippen LogP contribution in [0.2, 0.25) is 10.0 Å². The number of hydrogen-bond acceptors (Lipinski definition) is 4. The predicted molar refractivity (Wildman–Crippen MR) is 109 cm³/mol. The van der Waals surface area contributed by atoms with Crippen molar-refractivity contribution in [3.8, 4) is 5.69 Å². The largest absolute Gasteiger partial charge is 0.306 e. The number of carbonyl (C=O) groups is 1. The summed E-state index contributed by atoms with van der Waals surface area (Å²) in [6.07, 6.45) is 0. The molecule has 0 aliphatic carbocycles. The van der Waals surface area contributed by atoms with E-state index in [1.54, 1.807) is 10.7 Å². The number of fused-ring (bicyclic) bond motifs is 1. The third-order valence-corrected chi connectivity index (χ3v) is 6.46. The van der Waals surface area contributed by atoms with Gasteiger partial charge in [0.15, 0.2) is 9.84 Å². The van der Waals surface area contributed by atoms with Crippen molar-refractivity contribution in [1.82, 2.24) is 9.78 Å². The Hall–Kier alpha value is -2.35. The number of nitrogens with zero attached hydrogens (tertiary/aromatic N) is 2. The molecule has 2 heterocycles. The summed E-state index contributed by atoms with van der Waals surface area (Å²) in [5.41, 5.74) is 2.97. The number of nitrogens with one attached hydrogen (secondary N) is 1. The zero-order valence-electron chi connectivity index (χ0n) is 14.7. The van der Waals surface area contributed by atoms with Gasteiger partial charge in [0, 0.05) is 10.6 Å². The highest BCUT2D eigenvalue weighted by Gasteiger charge is 2.33. The summed E-state index contributed by atoms with van der Waals surface area (Å²) >= 11 is 12.0. The molecule has 1 amide bonds. The molecule has 0 saturated heterocycles. The maximum Gasteiger partial charge on any atom is 0.258 e. The summed E-state index contributed by atoms with van der Waals surface area (Å²) in [5.74, 6) is -0.456. The lowest BCUT2D eigenvalue weighted by Crippen LogP contribution is -2.17. The topological polar surface area (TPSA) is 81.1 Å². The van der Waals surface area contributed by atoms with Gasteiger partial charge in [-0.2, -0.15) is 5.10 Å². The summed E-state index contributed by atoms with van der Waals surface area (Å²) in [5, 5.41) is 7.85. The molecule has 0 atom stereocenters. The molecule has 2 aromatic carbocycles. The highest BCUT2D eigenvalue weighted by molar-refractivity contribution is 7.90. The van der Waals surface area contributed by atoms with Gasteiger partial charge in [-0.3, -0.25) is 4.79 Å². The van der Waals surface area contributed by atoms with Crippen LogP contribution in [0.5, 0.6) is 0 Å². The van der Waals surface area contributed by atoms with Gasteiger partial charge in [0.25, 0.3) is 5.91 Å². The molecule has 1 aliphatic heterocycles. The summed E-state index contributed by atoms with van der Waals surface area (Å²) < 4.78 is 25.6. The maximum absolute atomic E-state index is 12.8. The Morgan fingerprint density at radius 3 is 2.50 bits per heavy atom. The number of benzene rings is 2. The molecule has 1 N–H and O–H groups in total. The third-order valence-electron chi connectivity index (χ3n) is 4.47. The average molecular weight is 436 g/mol. The number of anilines is 1. The quantitative estimate of drug-likeness (QED) is 0.669. The Morgan fingerprint density at radius 2 is 1.82 bits per heavy atom. The second-order valence-electron chi connectivity index (χ2n) is 6.63. The maximum atomic E-state index is 12.8. The molecule has 1 aliphatic rings. The summed E-state index contributed by atoms with van der Waals surface area (Å²) in [7, 11) is -3.28. The first-order valence-corrected chi connectivity index (χ1v) is 11.0. The number of amides is 1. The zero-order valence-corrected chi connectivity index (χ0v) is 17.1. The van der Waals surface area contributed by atoms with Gasteiger partial charge in [-0.15, -0.1) is 0 Å². The standard InChI is InChI=1S/C19H15Cl2N3O3S/c1-11-2-5-13(6-3-11)24-18(15-9-28(26,27)10-17(15)23-24)22-19(25)14-7-4-12(20)8-16(14)21/h2-8H,9-10H2,1H3,(H,22,25). The van der Waals surface area contributed by atoms with E-state index in [-0.39, 0.29) is 22.1 Å². The average Bonchev–Trinajstić information content (AvgIpc) is 3.08. The smallest absolute Gasteiger partial charge is 0.258 e. The van der Waals surface area contributed by atoms with Crippen molar-refractivity contribution in [2.75, 3.05) is 5.32 Å². The van der Waals surface area contributed by atoms with Crippen LogP contribution in [0.1, 0.15) is 27.2 Å². The van der Waals surface area contributed by atoms with E-state index in [0.29, 0.717) is 22.1 Å². The van der Waals surface area contributed by atoms with Gasteiger partial charge in [0.2, 0.25) is 0 Å². The van der Waals surface area contributed by atoms with E-state index < -0.39 is 15.7 Å². The summed E-state index contributed by atoms with van der Waals surface area (Å²) in [4.78, 5) is 12.8. The van der Waals surface area contributed by atoms with Crippen molar-refractivity contribution in [3.63, 3.8) is 0 Å². The number of carbonyl (C=O) groups excluding carboxylic acids is 1. The molecule has 0 fully saturated rings. The molecular formula is C19H15Cl2N3O3S. The monoisotopic (exact) mass is 435 g/mol. The number of rotatable bonds is 3. The predicted octanol–water partition coefficient (Wildman–Crippen LogP) is 4.17. The Labute approximate surface area is 172 Å². The van der Waals surface area contributed by atoms with Gasteiger partial charge in [-0.05, 0) is 37.3 Å². The first kappa shape index (κ1) is 19.0. The van der Waals surface area contributed by atoms with Crippen LogP contribution in [0, 0.1) is 6.92 Å². The molecule has 0 radical (unpaired) electrons. The fraction of sp³-hybridized carbons (Fsp3) is 0.158. The lowest BCUT2D eigenvalue weighted by atomic mass is 10.2. The van der Waals surface area contributed by atoms with Crippen molar-refractivity contribution in [2.45, 2.75) is 18.4 Å². The van der Waals surface area contributed by atoms with Crippen molar-refractivity contribution in [3.05, 3.63) is 74.9 Å². The van der Waals surface area contributed by atoms with Crippen molar-refractivity contribution in [2.24, 2.45) is 0 Å². The SMILES string of the molecule is Cc1ccc(-n2nc3c(c2NC(=O)c2ccc(Cl)cc2Cl)CS(=O)(=O)C3)cc1. The van der Waals surface area contributed by atoms with Crippen LogP contribution in [0.25, 0.3) is 5.69 Å².